The molecule has 6 heteroatoms. The van der Waals surface area contributed by atoms with Crippen LogP contribution in [0.25, 0.3) is 0 Å². The van der Waals surface area contributed by atoms with E-state index in [1.165, 1.54) is 6.07 Å². The highest BCUT2D eigenvalue weighted by atomic mass is 127. The van der Waals surface area contributed by atoms with Crippen molar-refractivity contribution >= 4 is 34.2 Å². The molecule has 0 aliphatic rings. The molecule has 1 rings (SSSR count). The van der Waals surface area contributed by atoms with E-state index >= 15 is 0 Å². The van der Waals surface area contributed by atoms with Gasteiger partial charge in [0.05, 0.1) is 5.88 Å². The summed E-state index contributed by atoms with van der Waals surface area (Å²) in [5, 5.41) is 9.11. The smallest absolute Gasteiger partial charge is 0.284 e. The minimum absolute atomic E-state index is 0.141. The van der Waals surface area contributed by atoms with Crippen molar-refractivity contribution in [3.05, 3.63) is 21.0 Å². The highest BCUT2D eigenvalue weighted by molar-refractivity contribution is 14.1. The largest absolute Gasteiger partial charge is 0.506 e. The van der Waals surface area contributed by atoms with E-state index in [9.17, 15) is 8.78 Å². The first-order valence-electron chi connectivity index (χ1n) is 3.28. The predicted octanol–water partition coefficient (Wildman–Crippen LogP) is 3.07. The predicted molar refractivity (Wildman–Crippen MR) is 53.1 cm³/mol. The summed E-state index contributed by atoms with van der Waals surface area (Å²) in [5.41, 5.74) is -0.0533. The molecule has 0 amide bonds. The van der Waals surface area contributed by atoms with E-state index in [4.69, 9.17) is 16.7 Å². The van der Waals surface area contributed by atoms with E-state index in [-0.39, 0.29) is 5.88 Å². The molecular formula is C7H5ClF2INO. The van der Waals surface area contributed by atoms with Gasteiger partial charge >= 0.3 is 0 Å². The van der Waals surface area contributed by atoms with Crippen LogP contribution >= 0.6 is 34.2 Å². The summed E-state index contributed by atoms with van der Waals surface area (Å²) in [4.78, 5) is 3.55. The molecule has 72 valence electrons. The monoisotopic (exact) mass is 319 g/mol. The van der Waals surface area contributed by atoms with Crippen molar-refractivity contribution in [1.29, 1.82) is 0 Å². The van der Waals surface area contributed by atoms with E-state index in [2.05, 4.69) is 4.98 Å². The number of alkyl halides is 3. The molecule has 0 aliphatic heterocycles. The summed E-state index contributed by atoms with van der Waals surface area (Å²) in [7, 11) is 0. The maximum Gasteiger partial charge on any atom is 0.284 e. The second kappa shape index (κ2) is 4.36. The van der Waals surface area contributed by atoms with Crippen LogP contribution in [0.15, 0.2) is 6.07 Å². The molecule has 0 fully saturated rings. The van der Waals surface area contributed by atoms with Gasteiger partial charge in [-0.1, -0.05) is 0 Å². The molecular weight excluding hydrogens is 314 g/mol. The Hall–Kier alpha value is -0.170. The number of halogens is 4. The molecule has 1 N–H and O–H groups in total. The van der Waals surface area contributed by atoms with Crippen molar-refractivity contribution in [3.63, 3.8) is 0 Å². The summed E-state index contributed by atoms with van der Waals surface area (Å²) >= 11 is 7.29. The molecule has 0 atom stereocenters. The molecule has 0 unspecified atom stereocenters. The maximum absolute atomic E-state index is 12.2. The fourth-order valence-corrected chi connectivity index (χ4v) is 1.82. The average molecular weight is 319 g/mol. The van der Waals surface area contributed by atoms with Gasteiger partial charge in [0.15, 0.2) is 0 Å². The van der Waals surface area contributed by atoms with E-state index in [0.717, 1.165) is 0 Å². The van der Waals surface area contributed by atoms with Crippen LogP contribution in [0.5, 0.6) is 5.75 Å². The lowest BCUT2D eigenvalue weighted by atomic mass is 10.2. The molecule has 0 bridgehead atoms. The lowest BCUT2D eigenvalue weighted by Crippen LogP contribution is -1.97. The highest BCUT2D eigenvalue weighted by Crippen LogP contribution is 2.29. The Morgan fingerprint density at radius 3 is 2.69 bits per heavy atom. The summed E-state index contributed by atoms with van der Waals surface area (Å²) in [6.07, 6.45) is -2.77. The van der Waals surface area contributed by atoms with Gasteiger partial charge in [-0.3, -0.25) is 0 Å². The number of hydrogen-bond acceptors (Lipinski definition) is 2. The Kier molecular flexibility index (Phi) is 3.66. The van der Waals surface area contributed by atoms with Crippen molar-refractivity contribution in [3.8, 4) is 5.75 Å². The van der Waals surface area contributed by atoms with Crippen molar-refractivity contribution < 1.29 is 13.9 Å². The van der Waals surface area contributed by atoms with Crippen LogP contribution in [-0.2, 0) is 5.88 Å². The molecule has 1 aromatic rings. The Bertz CT molecular complexity index is 322. The number of aromatic nitrogens is 1. The summed E-state index contributed by atoms with van der Waals surface area (Å²) in [6.45, 7) is 0. The third-order valence-corrected chi connectivity index (χ3v) is 2.63. The van der Waals surface area contributed by atoms with Crippen LogP contribution in [0, 0.1) is 3.70 Å². The molecule has 13 heavy (non-hydrogen) atoms. The quantitative estimate of drug-likeness (QED) is 0.516. The van der Waals surface area contributed by atoms with E-state index in [1.807, 2.05) is 0 Å². The van der Waals surface area contributed by atoms with Crippen LogP contribution in [0.4, 0.5) is 8.78 Å². The summed E-state index contributed by atoms with van der Waals surface area (Å²) in [6, 6.07) is 1.21. The van der Waals surface area contributed by atoms with Gasteiger partial charge in [-0.05, 0) is 28.7 Å². The topological polar surface area (TPSA) is 33.1 Å². The molecule has 1 aromatic heterocycles. The lowest BCUT2D eigenvalue weighted by molar-refractivity contribution is 0.141. The van der Waals surface area contributed by atoms with Gasteiger partial charge < -0.3 is 5.11 Å². The average Bonchev–Trinajstić information content (AvgIpc) is 2.07. The molecule has 0 aromatic carbocycles. The number of aromatic hydroxyl groups is 1. The molecule has 0 radical (unpaired) electrons. The van der Waals surface area contributed by atoms with Gasteiger partial charge in [0, 0.05) is 5.56 Å². The fourth-order valence-electron chi connectivity index (χ4n) is 0.788. The number of rotatable bonds is 2. The Morgan fingerprint density at radius 1 is 1.62 bits per heavy atom. The summed E-state index contributed by atoms with van der Waals surface area (Å²) in [5.74, 6) is -0.367. The normalized spacial score (nSPS) is 10.8. The second-order valence-electron chi connectivity index (χ2n) is 2.28. The SMILES string of the molecule is Oc1cc(CCl)c(I)nc1C(F)F. The van der Waals surface area contributed by atoms with Crippen molar-refractivity contribution in [2.75, 3.05) is 0 Å². The first-order valence-corrected chi connectivity index (χ1v) is 4.90. The Balaban J connectivity index is 3.20. The standard InChI is InChI=1S/C7H5ClF2INO/c8-2-3-1-4(13)5(6(9)10)12-7(3)11/h1,6,13H,2H2. The molecule has 0 saturated carbocycles. The second-order valence-corrected chi connectivity index (χ2v) is 3.57. The maximum atomic E-state index is 12.2. The Labute approximate surface area is 92.1 Å². The van der Waals surface area contributed by atoms with Gasteiger partial charge in [0.1, 0.15) is 15.1 Å². The fraction of sp³-hybridized carbons (Fsp3) is 0.286. The van der Waals surface area contributed by atoms with Crippen LogP contribution < -0.4 is 0 Å². The van der Waals surface area contributed by atoms with Gasteiger partial charge in [0.25, 0.3) is 6.43 Å². The molecule has 0 saturated heterocycles. The molecule has 0 spiro atoms. The van der Waals surface area contributed by atoms with Gasteiger partial charge in [-0.25, -0.2) is 13.8 Å². The van der Waals surface area contributed by atoms with Crippen molar-refractivity contribution in [2.45, 2.75) is 12.3 Å². The first kappa shape index (κ1) is 10.9. The molecule has 0 aliphatic carbocycles. The Morgan fingerprint density at radius 2 is 2.23 bits per heavy atom. The number of pyridine rings is 1. The molecule has 2 nitrogen and oxygen atoms in total. The van der Waals surface area contributed by atoms with Crippen LogP contribution in [-0.4, -0.2) is 10.1 Å². The third-order valence-electron chi connectivity index (χ3n) is 1.41. The van der Waals surface area contributed by atoms with Crippen LogP contribution in [0.3, 0.4) is 0 Å². The zero-order valence-electron chi connectivity index (χ0n) is 6.27. The molecule has 1 heterocycles. The van der Waals surface area contributed by atoms with Gasteiger partial charge in [0.2, 0.25) is 0 Å². The van der Waals surface area contributed by atoms with E-state index in [0.29, 0.717) is 9.26 Å². The third kappa shape index (κ3) is 2.40. The van der Waals surface area contributed by atoms with Crippen molar-refractivity contribution in [2.24, 2.45) is 0 Å². The zero-order valence-corrected chi connectivity index (χ0v) is 9.18. The minimum Gasteiger partial charge on any atom is -0.506 e. The minimum atomic E-state index is -2.77. The van der Waals surface area contributed by atoms with Crippen molar-refractivity contribution in [1.82, 2.24) is 4.98 Å². The van der Waals surface area contributed by atoms with Gasteiger partial charge in [-0.15, -0.1) is 11.6 Å². The lowest BCUT2D eigenvalue weighted by Gasteiger charge is -2.05. The number of nitrogens with zero attached hydrogens (tertiary/aromatic N) is 1. The number of hydrogen-bond donors (Lipinski definition) is 1. The highest BCUT2D eigenvalue weighted by Gasteiger charge is 2.16. The summed E-state index contributed by atoms with van der Waals surface area (Å²) < 4.78 is 24.8. The van der Waals surface area contributed by atoms with Crippen LogP contribution in [0.2, 0.25) is 0 Å². The zero-order chi connectivity index (χ0) is 10.0. The van der Waals surface area contributed by atoms with Gasteiger partial charge in [-0.2, -0.15) is 0 Å². The van der Waals surface area contributed by atoms with Crippen LogP contribution in [0.1, 0.15) is 17.7 Å². The van der Waals surface area contributed by atoms with E-state index < -0.39 is 17.9 Å². The van der Waals surface area contributed by atoms with E-state index in [1.54, 1.807) is 22.6 Å². The first-order chi connectivity index (χ1) is 6.06.